The molecule has 0 bridgehead atoms. The molecule has 0 N–H and O–H groups in total. The van der Waals surface area contributed by atoms with Gasteiger partial charge in [-0.25, -0.2) is 14.3 Å². The molecule has 1 aromatic rings. The Balaban J connectivity index is 1.93. The molecule has 0 saturated carbocycles. The van der Waals surface area contributed by atoms with Crippen LogP contribution >= 0.6 is 0 Å². The van der Waals surface area contributed by atoms with Gasteiger partial charge in [0.05, 0.1) is 0 Å². The molecular weight excluding hydrogens is 262 g/mol. The molecule has 0 aliphatic heterocycles. The van der Waals surface area contributed by atoms with Crippen molar-refractivity contribution in [1.82, 2.24) is 9.55 Å². The summed E-state index contributed by atoms with van der Waals surface area (Å²) in [5, 5.41) is 10.8. The van der Waals surface area contributed by atoms with E-state index in [0.29, 0.717) is 30.1 Å². The second-order valence-electron chi connectivity index (χ2n) is 4.19. The molecule has 1 aromatic heterocycles. The number of allylic oxidation sites excluding steroid dienone is 4. The van der Waals surface area contributed by atoms with Crippen molar-refractivity contribution in [3.63, 3.8) is 0 Å². The molecule has 1 heterocycles. The van der Waals surface area contributed by atoms with E-state index in [1.54, 1.807) is 25.2 Å². The fourth-order valence-electron chi connectivity index (χ4n) is 1.85. The Morgan fingerprint density at radius 3 is 2.95 bits per heavy atom. The van der Waals surface area contributed by atoms with Crippen LogP contribution in [0, 0.1) is 17.0 Å². The zero-order valence-electron chi connectivity index (χ0n) is 10.9. The van der Waals surface area contributed by atoms with Gasteiger partial charge in [0.25, 0.3) is 0 Å². The maximum atomic E-state index is 10.8. The molecule has 104 valence electrons. The fraction of sp³-hybridized carbons (Fsp3) is 0.308. The van der Waals surface area contributed by atoms with Gasteiger partial charge in [-0.1, -0.05) is 0 Å². The van der Waals surface area contributed by atoms with Crippen LogP contribution in [0.2, 0.25) is 0 Å². The summed E-state index contributed by atoms with van der Waals surface area (Å²) in [6.07, 6.45) is 6.82. The molecule has 0 unspecified atom stereocenters. The van der Waals surface area contributed by atoms with E-state index in [2.05, 4.69) is 4.98 Å². The third-order valence-electron chi connectivity index (χ3n) is 2.91. The highest BCUT2D eigenvalue weighted by Gasteiger charge is 2.17. The van der Waals surface area contributed by atoms with Gasteiger partial charge in [-0.05, 0) is 23.2 Å². The van der Waals surface area contributed by atoms with Gasteiger partial charge >= 0.3 is 5.82 Å². The van der Waals surface area contributed by atoms with Crippen molar-refractivity contribution in [1.29, 1.82) is 0 Å². The molecule has 20 heavy (non-hydrogen) atoms. The van der Waals surface area contributed by atoms with Crippen LogP contribution in [0.5, 0.6) is 0 Å². The first-order chi connectivity index (χ1) is 9.61. The van der Waals surface area contributed by atoms with E-state index < -0.39 is 4.92 Å². The smallest absolute Gasteiger partial charge is 0.342 e. The predicted molar refractivity (Wildman–Crippen MR) is 70.6 cm³/mol. The lowest BCUT2D eigenvalue weighted by Gasteiger charge is -2.10. The zero-order chi connectivity index (χ0) is 14.5. The van der Waals surface area contributed by atoms with Gasteiger partial charge < -0.3 is 14.9 Å². The minimum atomic E-state index is -0.471. The lowest BCUT2D eigenvalue weighted by molar-refractivity contribution is -0.392. The van der Waals surface area contributed by atoms with Crippen LogP contribution in [0.4, 0.5) is 5.82 Å². The van der Waals surface area contributed by atoms with Crippen molar-refractivity contribution < 1.29 is 14.5 Å². The first-order valence-corrected chi connectivity index (χ1v) is 6.03. The molecule has 7 nitrogen and oxygen atoms in total. The maximum absolute atomic E-state index is 10.8. The minimum Gasteiger partial charge on any atom is -0.490 e. The van der Waals surface area contributed by atoms with Gasteiger partial charge in [0.15, 0.2) is 5.82 Å². The SMILES string of the molecule is Cc1ncc([N+](=O)[O-])n1CCOC1=CCC(=C=O)C=C1. The number of hydrogen-bond donors (Lipinski definition) is 0. The first kappa shape index (κ1) is 13.8. The van der Waals surface area contributed by atoms with Crippen molar-refractivity contribution in [2.75, 3.05) is 6.61 Å². The van der Waals surface area contributed by atoms with Gasteiger partial charge in [-0.15, -0.1) is 0 Å². The van der Waals surface area contributed by atoms with Crippen LogP contribution < -0.4 is 0 Å². The molecule has 7 heteroatoms. The van der Waals surface area contributed by atoms with E-state index in [4.69, 9.17) is 4.74 Å². The molecule has 2 rings (SSSR count). The number of nitro groups is 1. The van der Waals surface area contributed by atoms with E-state index in [-0.39, 0.29) is 12.4 Å². The Kier molecular flexibility index (Phi) is 4.12. The molecular formula is C13H13N3O4. The summed E-state index contributed by atoms with van der Waals surface area (Å²) >= 11 is 0. The van der Waals surface area contributed by atoms with Crippen LogP contribution in [0.15, 0.2) is 35.8 Å². The van der Waals surface area contributed by atoms with Crippen molar-refractivity contribution in [2.24, 2.45) is 0 Å². The summed E-state index contributed by atoms with van der Waals surface area (Å²) < 4.78 is 6.99. The molecule has 0 spiro atoms. The number of rotatable bonds is 5. The highest BCUT2D eigenvalue weighted by Crippen LogP contribution is 2.16. The Morgan fingerprint density at radius 2 is 2.35 bits per heavy atom. The third kappa shape index (κ3) is 3.02. The van der Waals surface area contributed by atoms with Gasteiger partial charge in [0, 0.05) is 18.9 Å². The van der Waals surface area contributed by atoms with Crippen molar-refractivity contribution in [2.45, 2.75) is 19.9 Å². The summed E-state index contributed by atoms with van der Waals surface area (Å²) in [5.74, 6) is 2.98. The van der Waals surface area contributed by atoms with E-state index >= 15 is 0 Å². The standard InChI is InChI=1S/C13H13N3O4/c1-10-14-8-13(16(18)19)15(10)6-7-20-12-4-2-11(9-17)3-5-12/h2,4-5,8H,3,6-7H2,1H3. The average molecular weight is 275 g/mol. The Hall–Kier alpha value is -2.66. The highest BCUT2D eigenvalue weighted by molar-refractivity contribution is 5.59. The summed E-state index contributed by atoms with van der Waals surface area (Å²) in [6.45, 7) is 2.33. The van der Waals surface area contributed by atoms with Gasteiger partial charge in [0.1, 0.15) is 31.0 Å². The Labute approximate surface area is 115 Å². The van der Waals surface area contributed by atoms with Crippen molar-refractivity contribution in [3.8, 4) is 0 Å². The lowest BCUT2D eigenvalue weighted by Crippen LogP contribution is -2.10. The number of imidazole rings is 1. The van der Waals surface area contributed by atoms with Crippen LogP contribution in [-0.2, 0) is 16.1 Å². The molecule has 1 aliphatic rings. The summed E-state index contributed by atoms with van der Waals surface area (Å²) in [4.78, 5) is 24.7. The quantitative estimate of drug-likeness (QED) is 0.464. The van der Waals surface area contributed by atoms with Gasteiger partial charge in [-0.3, -0.25) is 0 Å². The summed E-state index contributed by atoms with van der Waals surface area (Å²) in [7, 11) is 0. The lowest BCUT2D eigenvalue weighted by atomic mass is 10.1. The number of nitrogens with zero attached hydrogens (tertiary/aromatic N) is 3. The molecule has 0 aromatic carbocycles. The monoisotopic (exact) mass is 275 g/mol. The van der Waals surface area contributed by atoms with Crippen LogP contribution in [-0.4, -0.2) is 27.0 Å². The second-order valence-corrected chi connectivity index (χ2v) is 4.19. The first-order valence-electron chi connectivity index (χ1n) is 6.03. The minimum absolute atomic E-state index is 0.0505. The molecule has 1 aliphatic carbocycles. The Bertz CT molecular complexity index is 636. The number of hydrogen-bond acceptors (Lipinski definition) is 5. The van der Waals surface area contributed by atoms with E-state index in [9.17, 15) is 14.9 Å². The normalized spacial score (nSPS) is 13.8. The van der Waals surface area contributed by atoms with E-state index in [1.165, 1.54) is 10.8 Å². The second kappa shape index (κ2) is 5.99. The average Bonchev–Trinajstić information content (AvgIpc) is 2.81. The van der Waals surface area contributed by atoms with Crippen molar-refractivity contribution >= 4 is 11.8 Å². The van der Waals surface area contributed by atoms with Crippen molar-refractivity contribution in [3.05, 3.63) is 51.7 Å². The van der Waals surface area contributed by atoms with Crippen LogP contribution in [0.3, 0.4) is 0 Å². The summed E-state index contributed by atoms with van der Waals surface area (Å²) in [6, 6.07) is 0. The van der Waals surface area contributed by atoms with Crippen LogP contribution in [0.25, 0.3) is 0 Å². The number of carbonyl (C=O) groups excluding carboxylic acids is 1. The van der Waals surface area contributed by atoms with Gasteiger partial charge in [-0.2, -0.15) is 0 Å². The molecule has 0 saturated heterocycles. The zero-order valence-corrected chi connectivity index (χ0v) is 10.9. The number of aromatic nitrogens is 2. The van der Waals surface area contributed by atoms with Crippen LogP contribution in [0.1, 0.15) is 12.2 Å². The molecule has 0 amide bonds. The number of ether oxygens (including phenoxy) is 1. The summed E-state index contributed by atoms with van der Waals surface area (Å²) in [5.41, 5.74) is 0.568. The van der Waals surface area contributed by atoms with E-state index in [0.717, 1.165) is 0 Å². The van der Waals surface area contributed by atoms with Gasteiger partial charge in [0.2, 0.25) is 0 Å². The third-order valence-corrected chi connectivity index (χ3v) is 2.91. The maximum Gasteiger partial charge on any atom is 0.342 e. The predicted octanol–water partition coefficient (Wildman–Crippen LogP) is 1.72. The Morgan fingerprint density at radius 1 is 1.55 bits per heavy atom. The van der Waals surface area contributed by atoms with E-state index in [1.807, 2.05) is 5.94 Å². The number of aryl methyl sites for hydroxylation is 1. The largest absolute Gasteiger partial charge is 0.490 e. The molecule has 0 radical (unpaired) electrons. The highest BCUT2D eigenvalue weighted by atomic mass is 16.6. The topological polar surface area (TPSA) is 87.3 Å². The molecule has 0 atom stereocenters. The molecule has 0 fully saturated rings. The fourth-order valence-corrected chi connectivity index (χ4v) is 1.85.